The van der Waals surface area contributed by atoms with E-state index in [0.29, 0.717) is 37.8 Å². The smallest absolute Gasteiger partial charge is 0.406 e. The van der Waals surface area contributed by atoms with Crippen LogP contribution in [0.5, 0.6) is 5.75 Å². The number of nitrogens with one attached hydrogen (secondary N) is 3. The Hall–Kier alpha value is -3.28. The van der Waals surface area contributed by atoms with Gasteiger partial charge in [-0.05, 0) is 24.3 Å². The average Bonchev–Trinajstić information content (AvgIpc) is 2.72. The summed E-state index contributed by atoms with van der Waals surface area (Å²) in [5, 5.41) is 8.26. The predicted octanol–water partition coefficient (Wildman–Crippen LogP) is 2.45. The summed E-state index contributed by atoms with van der Waals surface area (Å²) in [5.41, 5.74) is 0.334. The van der Waals surface area contributed by atoms with Crippen LogP contribution in [0.2, 0.25) is 0 Å². The number of hydrogen-bond acceptors (Lipinski definition) is 7. The molecule has 0 radical (unpaired) electrons. The minimum absolute atomic E-state index is 0.304. The molecule has 3 N–H and O–H groups in total. The van der Waals surface area contributed by atoms with E-state index >= 15 is 0 Å². The number of halogens is 3. The molecular weight excluding hydrogens is 405 g/mol. The maximum absolute atomic E-state index is 12.1. The van der Waals surface area contributed by atoms with Crippen molar-refractivity contribution in [3.05, 3.63) is 36.7 Å². The first-order valence-corrected chi connectivity index (χ1v) is 9.18. The van der Waals surface area contributed by atoms with Crippen LogP contribution in [0.1, 0.15) is 0 Å². The molecule has 1 aromatic carbocycles. The van der Waals surface area contributed by atoms with Gasteiger partial charge in [0.05, 0.1) is 13.2 Å². The summed E-state index contributed by atoms with van der Waals surface area (Å²) in [6, 6.07) is 6.20. The first-order valence-electron chi connectivity index (χ1n) is 9.18. The molecule has 0 saturated carbocycles. The molecule has 162 valence electrons. The second kappa shape index (κ2) is 9.96. The fourth-order valence-corrected chi connectivity index (χ4v) is 2.69. The molecular formula is C18H21F3N6O3. The van der Waals surface area contributed by atoms with Crippen LogP contribution < -0.4 is 25.6 Å². The van der Waals surface area contributed by atoms with Crippen molar-refractivity contribution >= 4 is 23.4 Å². The third-order valence-corrected chi connectivity index (χ3v) is 4.05. The first-order chi connectivity index (χ1) is 14.4. The lowest BCUT2D eigenvalue weighted by Gasteiger charge is -2.27. The Morgan fingerprint density at radius 2 is 1.87 bits per heavy atom. The van der Waals surface area contributed by atoms with Gasteiger partial charge in [-0.15, -0.1) is 13.2 Å². The van der Waals surface area contributed by atoms with E-state index in [4.69, 9.17) is 4.74 Å². The number of anilines is 3. The molecule has 0 spiro atoms. The van der Waals surface area contributed by atoms with Crippen LogP contribution >= 0.6 is 0 Å². The molecule has 1 saturated heterocycles. The maximum atomic E-state index is 12.1. The highest BCUT2D eigenvalue weighted by Gasteiger charge is 2.30. The number of carbonyl (C=O) groups is 1. The molecule has 2 aromatic rings. The van der Waals surface area contributed by atoms with Crippen LogP contribution in [0.3, 0.4) is 0 Å². The molecule has 0 unspecified atom stereocenters. The summed E-state index contributed by atoms with van der Waals surface area (Å²) in [6.45, 7) is 3.57. The number of morpholine rings is 1. The molecule has 2 heterocycles. The van der Waals surface area contributed by atoms with Crippen molar-refractivity contribution in [1.29, 1.82) is 0 Å². The van der Waals surface area contributed by atoms with Crippen LogP contribution in [0.4, 0.5) is 35.3 Å². The summed E-state index contributed by atoms with van der Waals surface area (Å²) in [5.74, 6) is 1.08. The number of rotatable bonds is 7. The zero-order chi connectivity index (χ0) is 21.4. The van der Waals surface area contributed by atoms with Gasteiger partial charge in [-0.2, -0.15) is 0 Å². The van der Waals surface area contributed by atoms with E-state index in [1.54, 1.807) is 0 Å². The quantitative estimate of drug-likeness (QED) is 0.585. The Bertz CT molecular complexity index is 829. The highest BCUT2D eigenvalue weighted by Crippen LogP contribution is 2.23. The van der Waals surface area contributed by atoms with Gasteiger partial charge >= 0.3 is 12.4 Å². The SMILES string of the molecule is O=C(NCCNc1cc(N2CCOCC2)ncn1)Nc1ccc(OC(F)(F)F)cc1. The summed E-state index contributed by atoms with van der Waals surface area (Å²) in [6.07, 6.45) is -3.29. The molecule has 0 bridgehead atoms. The largest absolute Gasteiger partial charge is 0.573 e. The lowest BCUT2D eigenvalue weighted by molar-refractivity contribution is -0.274. The lowest BCUT2D eigenvalue weighted by Crippen LogP contribution is -2.36. The highest BCUT2D eigenvalue weighted by molar-refractivity contribution is 5.89. The predicted molar refractivity (Wildman–Crippen MR) is 104 cm³/mol. The second-order valence-electron chi connectivity index (χ2n) is 6.24. The van der Waals surface area contributed by atoms with Crippen LogP contribution in [0, 0.1) is 0 Å². The third-order valence-electron chi connectivity index (χ3n) is 4.05. The van der Waals surface area contributed by atoms with Gasteiger partial charge < -0.3 is 30.3 Å². The van der Waals surface area contributed by atoms with E-state index in [-0.39, 0.29) is 5.75 Å². The molecule has 1 aliphatic heterocycles. The maximum Gasteiger partial charge on any atom is 0.573 e. The number of carbonyl (C=O) groups excluding carboxylic acids is 1. The van der Waals surface area contributed by atoms with E-state index in [1.165, 1.54) is 18.5 Å². The van der Waals surface area contributed by atoms with Gasteiger partial charge in [0.25, 0.3) is 0 Å². The van der Waals surface area contributed by atoms with E-state index < -0.39 is 12.4 Å². The van der Waals surface area contributed by atoms with Crippen molar-refractivity contribution in [3.8, 4) is 5.75 Å². The minimum atomic E-state index is -4.76. The van der Waals surface area contributed by atoms with Gasteiger partial charge in [0.15, 0.2) is 0 Å². The Morgan fingerprint density at radius 3 is 2.57 bits per heavy atom. The van der Waals surface area contributed by atoms with E-state index in [1.807, 2.05) is 6.07 Å². The fraction of sp³-hybridized carbons (Fsp3) is 0.389. The van der Waals surface area contributed by atoms with Crippen molar-refractivity contribution in [3.63, 3.8) is 0 Å². The summed E-state index contributed by atoms with van der Waals surface area (Å²) < 4.78 is 45.5. The number of urea groups is 1. The van der Waals surface area contributed by atoms with E-state index in [2.05, 4.69) is 35.6 Å². The van der Waals surface area contributed by atoms with Crippen molar-refractivity contribution < 1.29 is 27.4 Å². The molecule has 30 heavy (non-hydrogen) atoms. The Morgan fingerprint density at radius 1 is 1.13 bits per heavy atom. The topological polar surface area (TPSA) is 101 Å². The zero-order valence-corrected chi connectivity index (χ0v) is 15.9. The number of ether oxygens (including phenoxy) is 2. The van der Waals surface area contributed by atoms with Crippen LogP contribution in [0.15, 0.2) is 36.7 Å². The van der Waals surface area contributed by atoms with Crippen molar-refractivity contribution in [2.75, 3.05) is 54.9 Å². The van der Waals surface area contributed by atoms with Crippen LogP contribution in [-0.2, 0) is 4.74 Å². The average molecular weight is 426 g/mol. The molecule has 9 nitrogen and oxygen atoms in total. The molecule has 1 fully saturated rings. The monoisotopic (exact) mass is 426 g/mol. The second-order valence-corrected chi connectivity index (χ2v) is 6.24. The van der Waals surface area contributed by atoms with Gasteiger partial charge in [0, 0.05) is 37.9 Å². The van der Waals surface area contributed by atoms with E-state index in [9.17, 15) is 18.0 Å². The zero-order valence-electron chi connectivity index (χ0n) is 15.9. The number of amides is 2. The van der Waals surface area contributed by atoms with Crippen molar-refractivity contribution in [2.24, 2.45) is 0 Å². The molecule has 12 heteroatoms. The van der Waals surface area contributed by atoms with Crippen molar-refractivity contribution in [2.45, 2.75) is 6.36 Å². The Balaban J connectivity index is 1.38. The first kappa shape index (κ1) is 21.4. The molecule has 3 rings (SSSR count). The molecule has 1 aromatic heterocycles. The van der Waals surface area contributed by atoms with Gasteiger partial charge in [-0.3, -0.25) is 0 Å². The number of alkyl halides is 3. The summed E-state index contributed by atoms with van der Waals surface area (Å²) in [4.78, 5) is 22.4. The molecule has 1 aliphatic rings. The van der Waals surface area contributed by atoms with Gasteiger partial charge in [0.1, 0.15) is 23.7 Å². The Kier molecular flexibility index (Phi) is 7.12. The van der Waals surface area contributed by atoms with Gasteiger partial charge in [-0.1, -0.05) is 0 Å². The normalized spacial score (nSPS) is 14.2. The standard InChI is InChI=1S/C18H21F3N6O3/c19-18(20,21)30-14-3-1-13(2-4-14)26-17(28)23-6-5-22-15-11-16(25-12-24-15)27-7-9-29-10-8-27/h1-4,11-12H,5-10H2,(H,22,24,25)(H2,23,26,28). The highest BCUT2D eigenvalue weighted by atomic mass is 19.4. The minimum Gasteiger partial charge on any atom is -0.406 e. The molecule has 2 amide bonds. The third kappa shape index (κ3) is 6.95. The number of hydrogen-bond donors (Lipinski definition) is 3. The Labute approximate surface area is 170 Å². The number of aromatic nitrogens is 2. The van der Waals surface area contributed by atoms with Crippen LogP contribution in [0.25, 0.3) is 0 Å². The number of nitrogens with zero attached hydrogens (tertiary/aromatic N) is 3. The van der Waals surface area contributed by atoms with Crippen molar-refractivity contribution in [1.82, 2.24) is 15.3 Å². The van der Waals surface area contributed by atoms with Crippen LogP contribution in [-0.4, -0.2) is 61.8 Å². The summed E-state index contributed by atoms with van der Waals surface area (Å²) in [7, 11) is 0. The fourth-order valence-electron chi connectivity index (χ4n) is 2.69. The van der Waals surface area contributed by atoms with E-state index in [0.717, 1.165) is 31.0 Å². The molecule has 0 aliphatic carbocycles. The van der Waals surface area contributed by atoms with Gasteiger partial charge in [0.2, 0.25) is 0 Å². The summed E-state index contributed by atoms with van der Waals surface area (Å²) >= 11 is 0. The molecule has 0 atom stereocenters. The number of benzene rings is 1. The lowest BCUT2D eigenvalue weighted by atomic mass is 10.3. The van der Waals surface area contributed by atoms with Gasteiger partial charge in [-0.25, -0.2) is 14.8 Å².